The van der Waals surface area contributed by atoms with Gasteiger partial charge in [0.15, 0.2) is 0 Å². The molecule has 1 aliphatic heterocycles. The van der Waals surface area contributed by atoms with E-state index in [1.807, 2.05) is 0 Å². The van der Waals surface area contributed by atoms with Gasteiger partial charge >= 0.3 is 12.3 Å². The minimum absolute atomic E-state index is 0.0209. The minimum Gasteiger partial charge on any atom is -0.491 e. The molecule has 230 valence electrons. The molecule has 14 heteroatoms. The Hall–Kier alpha value is -3.55. The van der Waals surface area contributed by atoms with Gasteiger partial charge in [0.2, 0.25) is 0 Å². The Labute approximate surface area is 239 Å². The lowest BCUT2D eigenvalue weighted by molar-refractivity contribution is -0.136. The van der Waals surface area contributed by atoms with E-state index in [4.69, 9.17) is 9.47 Å². The summed E-state index contributed by atoms with van der Waals surface area (Å²) < 4.78 is 81.2. The third-order valence-electron chi connectivity index (χ3n) is 7.00. The number of fused-ring (bicyclic) bond motifs is 1. The third kappa shape index (κ3) is 6.58. The largest absolute Gasteiger partial charge is 0.491 e. The molecule has 4 rings (SSSR count). The van der Waals surface area contributed by atoms with Crippen LogP contribution in [-0.4, -0.2) is 59.9 Å². The van der Waals surface area contributed by atoms with E-state index in [0.717, 1.165) is 18.5 Å². The molecule has 3 aromatic rings. The highest BCUT2D eigenvalue weighted by molar-refractivity contribution is 5.81. The van der Waals surface area contributed by atoms with Crippen molar-refractivity contribution in [1.29, 1.82) is 0 Å². The van der Waals surface area contributed by atoms with Crippen LogP contribution in [0.3, 0.4) is 0 Å². The lowest BCUT2D eigenvalue weighted by atomic mass is 9.80. The first-order valence-electron chi connectivity index (χ1n) is 13.4. The number of nitrogens with zero attached hydrogens (tertiary/aromatic N) is 5. The van der Waals surface area contributed by atoms with Crippen molar-refractivity contribution in [3.05, 3.63) is 47.8 Å². The first-order valence-corrected chi connectivity index (χ1v) is 13.4. The second kappa shape index (κ2) is 11.3. The van der Waals surface area contributed by atoms with Crippen LogP contribution in [0.1, 0.15) is 83.8 Å². The summed E-state index contributed by atoms with van der Waals surface area (Å²) in [6.45, 7) is 9.89. The number of amides is 1. The summed E-state index contributed by atoms with van der Waals surface area (Å²) in [7, 11) is 0. The molecule has 1 saturated heterocycles. The van der Waals surface area contributed by atoms with Gasteiger partial charge in [-0.05, 0) is 47.6 Å². The number of aromatic nitrogens is 4. The number of aliphatic hydroxyl groups is 1. The average molecular weight is 600 g/mol. The fraction of sp³-hybridized carbons (Fsp3) is 0.571. The smallest absolute Gasteiger partial charge is 0.418 e. The molecule has 0 aliphatic carbocycles. The maximum Gasteiger partial charge on any atom is 0.418 e. The topological polar surface area (TPSA) is 103 Å². The lowest BCUT2D eigenvalue weighted by Gasteiger charge is -2.47. The number of hydrogen-bond acceptors (Lipinski definition) is 7. The van der Waals surface area contributed by atoms with Crippen molar-refractivity contribution in [1.82, 2.24) is 24.4 Å². The molecule has 1 N–H and O–H groups in total. The van der Waals surface area contributed by atoms with Crippen LogP contribution in [0.15, 0.2) is 30.9 Å². The first-order chi connectivity index (χ1) is 19.4. The number of hydrogen-bond donors (Lipinski definition) is 1. The number of carbonyl (C=O) groups excluding carboxylic acids is 1. The summed E-state index contributed by atoms with van der Waals surface area (Å²) in [5, 5.41) is 11.6. The van der Waals surface area contributed by atoms with Crippen molar-refractivity contribution < 1.29 is 41.3 Å². The van der Waals surface area contributed by atoms with Crippen molar-refractivity contribution in [2.24, 2.45) is 0 Å². The number of carbonyl (C=O) groups is 1. The number of ether oxygens (including phenoxy) is 2. The van der Waals surface area contributed by atoms with Crippen LogP contribution < -0.4 is 4.74 Å². The van der Waals surface area contributed by atoms with Crippen LogP contribution in [-0.2, 0) is 16.5 Å². The van der Waals surface area contributed by atoms with Gasteiger partial charge in [-0.15, -0.1) is 0 Å². The molecule has 1 aromatic carbocycles. The molecule has 0 unspecified atom stereocenters. The highest BCUT2D eigenvalue weighted by Crippen LogP contribution is 2.41. The van der Waals surface area contributed by atoms with E-state index >= 15 is 0 Å². The number of rotatable bonds is 6. The Morgan fingerprint density at radius 1 is 1.12 bits per heavy atom. The molecular weight excluding hydrogens is 565 g/mol. The Bertz CT molecular complexity index is 1420. The van der Waals surface area contributed by atoms with E-state index in [0.29, 0.717) is 0 Å². The summed E-state index contributed by atoms with van der Waals surface area (Å²) in [6.07, 6.45) is -5.18. The number of halogens is 5. The maximum atomic E-state index is 14.1. The zero-order valence-electron chi connectivity index (χ0n) is 24.1. The number of piperidine rings is 1. The SMILES string of the molecule is CC(C)n1cnc2cc(OC[C@@H]3C[C@](O)(c4cnc(C(F)F)cn4)C[C@H](C)N3C(=O)OC(C)(C)C)cc(C(F)(F)F)c21. The van der Waals surface area contributed by atoms with Crippen LogP contribution in [0.2, 0.25) is 0 Å². The highest BCUT2D eigenvalue weighted by atomic mass is 19.4. The average Bonchev–Trinajstić information content (AvgIpc) is 3.29. The van der Waals surface area contributed by atoms with E-state index in [1.54, 1.807) is 41.5 Å². The Morgan fingerprint density at radius 2 is 1.81 bits per heavy atom. The van der Waals surface area contributed by atoms with Crippen molar-refractivity contribution in [2.75, 3.05) is 6.61 Å². The highest BCUT2D eigenvalue weighted by Gasteiger charge is 2.47. The predicted octanol–water partition coefficient (Wildman–Crippen LogP) is 6.42. The second-order valence-corrected chi connectivity index (χ2v) is 11.9. The Kier molecular flexibility index (Phi) is 8.42. The second-order valence-electron chi connectivity index (χ2n) is 11.9. The van der Waals surface area contributed by atoms with Gasteiger partial charge in [0, 0.05) is 31.0 Å². The fourth-order valence-electron chi connectivity index (χ4n) is 5.23. The van der Waals surface area contributed by atoms with E-state index in [9.17, 15) is 31.9 Å². The molecule has 42 heavy (non-hydrogen) atoms. The van der Waals surface area contributed by atoms with Crippen molar-refractivity contribution in [2.45, 2.75) is 96.3 Å². The third-order valence-corrected chi connectivity index (χ3v) is 7.00. The van der Waals surface area contributed by atoms with Crippen molar-refractivity contribution in [3.8, 4) is 5.75 Å². The molecule has 3 heterocycles. The Morgan fingerprint density at radius 3 is 2.36 bits per heavy atom. The normalized spacial score (nSPS) is 21.8. The van der Waals surface area contributed by atoms with Crippen molar-refractivity contribution >= 4 is 17.1 Å². The summed E-state index contributed by atoms with van der Waals surface area (Å²) in [6, 6.07) is 0.439. The quantitative estimate of drug-likeness (QED) is 0.326. The van der Waals surface area contributed by atoms with Gasteiger partial charge in [-0.1, -0.05) is 0 Å². The fourth-order valence-corrected chi connectivity index (χ4v) is 5.23. The van der Waals surface area contributed by atoms with Crippen LogP contribution in [0, 0.1) is 0 Å². The van der Waals surface area contributed by atoms with E-state index in [2.05, 4.69) is 15.0 Å². The number of alkyl halides is 5. The standard InChI is InChI=1S/C28H34F5N5O4/c1-15(2)37-14-36-20-8-18(7-19(23(20)37)28(31,32)33)41-13-17-10-27(40,22-12-34-21(11-35-22)24(29)30)9-16(3)38(17)25(39)42-26(4,5)6/h7-8,11-12,14-17,24,40H,9-10,13H2,1-6H3/t16-,17-,27-/m0/s1. The molecule has 0 saturated carbocycles. The van der Waals surface area contributed by atoms with Crippen LogP contribution >= 0.6 is 0 Å². The van der Waals surface area contributed by atoms with Crippen molar-refractivity contribution in [3.63, 3.8) is 0 Å². The molecule has 0 radical (unpaired) electrons. The van der Waals surface area contributed by atoms with Gasteiger partial charge < -0.3 is 19.1 Å². The van der Waals surface area contributed by atoms with Gasteiger partial charge in [0.1, 0.15) is 29.3 Å². The van der Waals surface area contributed by atoms with Gasteiger partial charge in [-0.25, -0.2) is 18.6 Å². The molecule has 1 aliphatic rings. The molecule has 3 atom stereocenters. The number of imidazole rings is 1. The summed E-state index contributed by atoms with van der Waals surface area (Å²) >= 11 is 0. The summed E-state index contributed by atoms with van der Waals surface area (Å²) in [5.74, 6) is -0.129. The van der Waals surface area contributed by atoms with E-state index < -0.39 is 53.2 Å². The van der Waals surface area contributed by atoms with Crippen LogP contribution in [0.5, 0.6) is 5.75 Å². The molecule has 9 nitrogen and oxygen atoms in total. The number of benzene rings is 1. The van der Waals surface area contributed by atoms with Gasteiger partial charge in [-0.2, -0.15) is 13.2 Å². The lowest BCUT2D eigenvalue weighted by Crippen LogP contribution is -2.58. The molecular formula is C28H34F5N5O4. The first kappa shape index (κ1) is 31.4. The van der Waals surface area contributed by atoms with Crippen LogP contribution in [0.4, 0.5) is 26.7 Å². The minimum atomic E-state index is -4.70. The summed E-state index contributed by atoms with van der Waals surface area (Å²) in [5.41, 5.74) is -4.00. The Balaban J connectivity index is 1.69. The number of likely N-dealkylation sites (tertiary alicyclic amines) is 1. The van der Waals surface area contributed by atoms with E-state index in [-0.39, 0.29) is 48.0 Å². The predicted molar refractivity (Wildman–Crippen MR) is 142 cm³/mol. The van der Waals surface area contributed by atoms with E-state index in [1.165, 1.54) is 21.9 Å². The zero-order chi connectivity index (χ0) is 31.2. The molecule has 0 bridgehead atoms. The van der Waals surface area contributed by atoms with Crippen LogP contribution in [0.25, 0.3) is 11.0 Å². The zero-order valence-corrected chi connectivity index (χ0v) is 24.1. The molecule has 0 spiro atoms. The maximum absolute atomic E-state index is 14.1. The van der Waals surface area contributed by atoms with Gasteiger partial charge in [0.05, 0.1) is 47.1 Å². The molecule has 2 aromatic heterocycles. The molecule has 1 amide bonds. The monoisotopic (exact) mass is 599 g/mol. The van der Waals surface area contributed by atoms with Gasteiger partial charge in [-0.3, -0.25) is 14.9 Å². The summed E-state index contributed by atoms with van der Waals surface area (Å²) in [4.78, 5) is 26.4. The van der Waals surface area contributed by atoms with Gasteiger partial charge in [0.25, 0.3) is 6.43 Å². The molecule has 1 fully saturated rings.